The zero-order valence-electron chi connectivity index (χ0n) is 12.0. The van der Waals surface area contributed by atoms with Gasteiger partial charge in [-0.1, -0.05) is 0 Å². The Kier molecular flexibility index (Phi) is 3.90. The number of aromatic hydroxyl groups is 2. The summed E-state index contributed by atoms with van der Waals surface area (Å²) >= 11 is 0. The van der Waals surface area contributed by atoms with Crippen LogP contribution in [-0.2, 0) is 0 Å². The molecule has 0 spiro atoms. The number of piperidine rings is 2. The number of rotatable bonds is 2. The van der Waals surface area contributed by atoms with Crippen LogP contribution in [0.5, 0.6) is 11.5 Å². The minimum absolute atomic E-state index is 0.297. The lowest BCUT2D eigenvalue weighted by molar-refractivity contribution is 0.452. The maximum atomic E-state index is 10.3. The highest BCUT2D eigenvalue weighted by Crippen LogP contribution is 2.40. The van der Waals surface area contributed by atoms with Crippen molar-refractivity contribution in [2.45, 2.75) is 38.5 Å². The van der Waals surface area contributed by atoms with Gasteiger partial charge in [-0.25, -0.2) is 0 Å². The highest BCUT2D eigenvalue weighted by Gasteiger charge is 2.20. The molecule has 2 aliphatic heterocycles. The third-order valence-electron chi connectivity index (χ3n) is 4.47. The third-order valence-corrected chi connectivity index (χ3v) is 4.47. The molecule has 2 heterocycles. The van der Waals surface area contributed by atoms with Gasteiger partial charge in [0.2, 0.25) is 0 Å². The van der Waals surface area contributed by atoms with Crippen LogP contribution >= 0.6 is 0 Å². The van der Waals surface area contributed by atoms with Crippen molar-refractivity contribution >= 4 is 11.4 Å². The lowest BCUT2D eigenvalue weighted by Crippen LogP contribution is -2.30. The fourth-order valence-corrected chi connectivity index (χ4v) is 3.33. The van der Waals surface area contributed by atoms with E-state index in [1.54, 1.807) is 12.1 Å². The molecule has 2 aliphatic rings. The van der Waals surface area contributed by atoms with Crippen LogP contribution < -0.4 is 9.80 Å². The van der Waals surface area contributed by atoms with E-state index >= 15 is 0 Å². The molecule has 0 aliphatic carbocycles. The smallest absolute Gasteiger partial charge is 0.141 e. The van der Waals surface area contributed by atoms with Crippen molar-refractivity contribution in [2.75, 3.05) is 36.0 Å². The number of hydrogen-bond donors (Lipinski definition) is 2. The van der Waals surface area contributed by atoms with Gasteiger partial charge in [-0.2, -0.15) is 0 Å². The SMILES string of the molecule is Oc1cc(N2CCCCC2)c(O)cc1N1CCCCC1. The van der Waals surface area contributed by atoms with E-state index in [1.807, 2.05) is 0 Å². The summed E-state index contributed by atoms with van der Waals surface area (Å²) in [5.41, 5.74) is 1.56. The summed E-state index contributed by atoms with van der Waals surface area (Å²) in [6.07, 6.45) is 7.16. The summed E-state index contributed by atoms with van der Waals surface area (Å²) in [6, 6.07) is 3.48. The van der Waals surface area contributed by atoms with Crippen molar-refractivity contribution in [3.8, 4) is 11.5 Å². The molecule has 0 amide bonds. The van der Waals surface area contributed by atoms with Crippen LogP contribution in [0.1, 0.15) is 38.5 Å². The van der Waals surface area contributed by atoms with Gasteiger partial charge in [-0.15, -0.1) is 0 Å². The monoisotopic (exact) mass is 276 g/mol. The number of hydrogen-bond acceptors (Lipinski definition) is 4. The predicted molar refractivity (Wildman–Crippen MR) is 81.9 cm³/mol. The Balaban J connectivity index is 1.85. The van der Waals surface area contributed by atoms with E-state index in [4.69, 9.17) is 0 Å². The maximum Gasteiger partial charge on any atom is 0.141 e. The van der Waals surface area contributed by atoms with Gasteiger partial charge in [0.1, 0.15) is 11.5 Å². The molecule has 0 saturated carbocycles. The van der Waals surface area contributed by atoms with Gasteiger partial charge in [0.15, 0.2) is 0 Å². The quantitative estimate of drug-likeness (QED) is 0.815. The summed E-state index contributed by atoms with van der Waals surface area (Å²) < 4.78 is 0. The predicted octanol–water partition coefficient (Wildman–Crippen LogP) is 3.08. The Bertz CT molecular complexity index is 420. The van der Waals surface area contributed by atoms with Crippen molar-refractivity contribution in [1.29, 1.82) is 0 Å². The number of phenolic OH excluding ortho intramolecular Hbond substituents is 2. The second-order valence-corrected chi connectivity index (χ2v) is 5.93. The van der Waals surface area contributed by atoms with Crippen LogP contribution in [-0.4, -0.2) is 36.4 Å². The van der Waals surface area contributed by atoms with Gasteiger partial charge >= 0.3 is 0 Å². The Morgan fingerprint density at radius 3 is 1.30 bits per heavy atom. The second kappa shape index (κ2) is 5.81. The van der Waals surface area contributed by atoms with E-state index < -0.39 is 0 Å². The molecule has 2 fully saturated rings. The van der Waals surface area contributed by atoms with E-state index in [1.165, 1.54) is 12.8 Å². The van der Waals surface area contributed by atoms with E-state index in [0.29, 0.717) is 11.5 Å². The van der Waals surface area contributed by atoms with Crippen molar-refractivity contribution in [3.05, 3.63) is 12.1 Å². The first kappa shape index (κ1) is 13.4. The summed E-state index contributed by atoms with van der Waals surface area (Å²) in [6.45, 7) is 3.87. The van der Waals surface area contributed by atoms with E-state index in [-0.39, 0.29) is 0 Å². The molecule has 0 aromatic heterocycles. The molecular formula is C16H24N2O2. The first-order valence-electron chi connectivity index (χ1n) is 7.81. The van der Waals surface area contributed by atoms with Crippen LogP contribution in [0.3, 0.4) is 0 Å². The van der Waals surface area contributed by atoms with Gasteiger partial charge < -0.3 is 20.0 Å². The van der Waals surface area contributed by atoms with Crippen LogP contribution in [0.25, 0.3) is 0 Å². The van der Waals surface area contributed by atoms with Crippen LogP contribution in [0.2, 0.25) is 0 Å². The normalized spacial score (nSPS) is 20.2. The zero-order chi connectivity index (χ0) is 13.9. The summed E-state index contributed by atoms with van der Waals surface area (Å²) in [7, 11) is 0. The Morgan fingerprint density at radius 1 is 0.600 bits per heavy atom. The van der Waals surface area contributed by atoms with Gasteiger partial charge in [0, 0.05) is 38.3 Å². The first-order valence-corrected chi connectivity index (χ1v) is 7.81. The fourth-order valence-electron chi connectivity index (χ4n) is 3.33. The Hall–Kier alpha value is -1.58. The molecule has 0 radical (unpaired) electrons. The van der Waals surface area contributed by atoms with Crippen molar-refractivity contribution in [3.63, 3.8) is 0 Å². The molecule has 2 saturated heterocycles. The topological polar surface area (TPSA) is 46.9 Å². The number of phenols is 2. The lowest BCUT2D eigenvalue weighted by atomic mass is 10.1. The van der Waals surface area contributed by atoms with E-state index in [9.17, 15) is 10.2 Å². The molecule has 0 unspecified atom stereocenters. The van der Waals surface area contributed by atoms with Crippen LogP contribution in [0, 0.1) is 0 Å². The maximum absolute atomic E-state index is 10.3. The Morgan fingerprint density at radius 2 is 0.950 bits per heavy atom. The minimum Gasteiger partial charge on any atom is -0.506 e. The van der Waals surface area contributed by atoms with Gasteiger partial charge in [-0.3, -0.25) is 0 Å². The summed E-state index contributed by atoms with van der Waals surface area (Å²) in [5, 5.41) is 20.6. The highest BCUT2D eigenvalue weighted by molar-refractivity contribution is 5.72. The third kappa shape index (κ3) is 2.65. The lowest BCUT2D eigenvalue weighted by Gasteiger charge is -2.32. The molecule has 2 N–H and O–H groups in total. The van der Waals surface area contributed by atoms with Gasteiger partial charge in [-0.05, 0) is 38.5 Å². The van der Waals surface area contributed by atoms with Crippen molar-refractivity contribution in [2.24, 2.45) is 0 Å². The fraction of sp³-hybridized carbons (Fsp3) is 0.625. The number of benzene rings is 1. The molecule has 1 aromatic carbocycles. The van der Waals surface area contributed by atoms with E-state index in [2.05, 4.69) is 9.80 Å². The zero-order valence-corrected chi connectivity index (χ0v) is 12.0. The van der Waals surface area contributed by atoms with Crippen molar-refractivity contribution in [1.82, 2.24) is 0 Å². The molecule has 110 valence electrons. The first-order chi connectivity index (χ1) is 9.75. The standard InChI is InChI=1S/C16H24N2O2/c19-15-12-14(18-9-5-2-6-10-18)16(20)11-13(15)17-7-3-1-4-8-17/h11-12,19-20H,1-10H2. The molecular weight excluding hydrogens is 252 g/mol. The number of nitrogens with zero attached hydrogens (tertiary/aromatic N) is 2. The average Bonchev–Trinajstić information content (AvgIpc) is 2.51. The largest absolute Gasteiger partial charge is 0.506 e. The summed E-state index contributed by atoms with van der Waals surface area (Å²) in [5.74, 6) is 0.593. The van der Waals surface area contributed by atoms with Gasteiger partial charge in [0.25, 0.3) is 0 Å². The molecule has 1 aromatic rings. The Labute approximate surface area is 120 Å². The van der Waals surface area contributed by atoms with Crippen LogP contribution in [0.4, 0.5) is 11.4 Å². The number of anilines is 2. The average molecular weight is 276 g/mol. The molecule has 20 heavy (non-hydrogen) atoms. The van der Waals surface area contributed by atoms with Gasteiger partial charge in [0.05, 0.1) is 11.4 Å². The molecule has 3 rings (SSSR count). The molecule has 4 nitrogen and oxygen atoms in total. The molecule has 0 bridgehead atoms. The molecule has 0 atom stereocenters. The minimum atomic E-state index is 0.297. The highest BCUT2D eigenvalue weighted by atomic mass is 16.3. The molecule has 4 heteroatoms. The summed E-state index contributed by atoms with van der Waals surface area (Å²) in [4.78, 5) is 4.36. The van der Waals surface area contributed by atoms with Crippen molar-refractivity contribution < 1.29 is 10.2 Å². The second-order valence-electron chi connectivity index (χ2n) is 5.93. The van der Waals surface area contributed by atoms with Crippen LogP contribution in [0.15, 0.2) is 12.1 Å². The van der Waals surface area contributed by atoms with E-state index in [0.717, 1.165) is 63.2 Å².